The lowest BCUT2D eigenvalue weighted by Gasteiger charge is -2.25. The SMILES string of the molecule is CN(C)c1nccc(-c2cn[nH]c2C2CCCN2C(=O)Cc2ccc(F)cc2)n1. The van der Waals surface area contributed by atoms with E-state index in [-0.39, 0.29) is 24.2 Å². The predicted molar refractivity (Wildman–Crippen MR) is 108 cm³/mol. The van der Waals surface area contributed by atoms with Gasteiger partial charge in [-0.3, -0.25) is 9.89 Å². The normalized spacial score (nSPS) is 16.2. The van der Waals surface area contributed by atoms with Crippen molar-refractivity contribution >= 4 is 11.9 Å². The molecule has 1 amide bonds. The molecule has 3 heterocycles. The molecule has 0 bridgehead atoms. The highest BCUT2D eigenvalue weighted by molar-refractivity contribution is 5.80. The summed E-state index contributed by atoms with van der Waals surface area (Å²) in [6.45, 7) is 0.690. The molecule has 1 aliphatic rings. The largest absolute Gasteiger partial charge is 0.347 e. The summed E-state index contributed by atoms with van der Waals surface area (Å²) in [5, 5.41) is 7.31. The molecule has 1 aromatic carbocycles. The number of nitrogens with one attached hydrogen (secondary N) is 1. The maximum Gasteiger partial charge on any atom is 0.227 e. The van der Waals surface area contributed by atoms with Gasteiger partial charge in [0.2, 0.25) is 11.9 Å². The van der Waals surface area contributed by atoms with Crippen LogP contribution in [-0.4, -0.2) is 51.6 Å². The average Bonchev–Trinajstić information content (AvgIpc) is 3.39. The molecule has 1 aliphatic heterocycles. The molecule has 0 radical (unpaired) electrons. The molecule has 0 aliphatic carbocycles. The van der Waals surface area contributed by atoms with Crippen LogP contribution in [0, 0.1) is 5.82 Å². The van der Waals surface area contributed by atoms with Crippen LogP contribution in [0.1, 0.15) is 30.1 Å². The monoisotopic (exact) mass is 394 g/mol. The summed E-state index contributed by atoms with van der Waals surface area (Å²) in [7, 11) is 3.78. The number of H-pyrrole nitrogens is 1. The van der Waals surface area contributed by atoms with Gasteiger partial charge in [0.25, 0.3) is 0 Å². The molecule has 3 aromatic rings. The van der Waals surface area contributed by atoms with Crippen molar-refractivity contribution in [1.29, 1.82) is 0 Å². The van der Waals surface area contributed by atoms with Crippen LogP contribution in [0.3, 0.4) is 0 Å². The van der Waals surface area contributed by atoms with Crippen molar-refractivity contribution in [1.82, 2.24) is 25.1 Å². The number of nitrogens with zero attached hydrogens (tertiary/aromatic N) is 5. The molecular formula is C21H23FN6O. The fourth-order valence-electron chi connectivity index (χ4n) is 3.71. The van der Waals surface area contributed by atoms with Gasteiger partial charge in [0.1, 0.15) is 5.82 Å². The lowest BCUT2D eigenvalue weighted by atomic mass is 10.0. The minimum absolute atomic E-state index is 0.0244. The van der Waals surface area contributed by atoms with Gasteiger partial charge in [-0.1, -0.05) is 12.1 Å². The first kappa shape index (κ1) is 19.0. The average molecular weight is 394 g/mol. The maximum atomic E-state index is 13.1. The van der Waals surface area contributed by atoms with E-state index in [2.05, 4.69) is 20.2 Å². The summed E-state index contributed by atoms with van der Waals surface area (Å²) in [5.74, 6) is 0.339. The topological polar surface area (TPSA) is 78.0 Å². The molecule has 2 aromatic heterocycles. The molecule has 0 saturated carbocycles. The highest BCUT2D eigenvalue weighted by Gasteiger charge is 2.33. The van der Waals surface area contributed by atoms with E-state index in [1.54, 1.807) is 24.5 Å². The molecule has 4 rings (SSSR count). The molecule has 1 unspecified atom stereocenters. The molecular weight excluding hydrogens is 371 g/mol. The highest BCUT2D eigenvalue weighted by Crippen LogP contribution is 2.36. The van der Waals surface area contributed by atoms with Gasteiger partial charge in [-0.25, -0.2) is 14.4 Å². The van der Waals surface area contributed by atoms with Crippen molar-refractivity contribution in [2.45, 2.75) is 25.3 Å². The van der Waals surface area contributed by atoms with Crippen molar-refractivity contribution in [2.24, 2.45) is 0 Å². The number of amides is 1. The second-order valence-electron chi connectivity index (χ2n) is 7.38. The third-order valence-electron chi connectivity index (χ3n) is 5.16. The van der Waals surface area contributed by atoms with Crippen molar-refractivity contribution in [3.05, 3.63) is 59.8 Å². The fourth-order valence-corrected chi connectivity index (χ4v) is 3.71. The van der Waals surface area contributed by atoms with Gasteiger partial charge in [0.05, 0.1) is 30.0 Å². The Hall–Kier alpha value is -3.29. The molecule has 1 saturated heterocycles. The van der Waals surface area contributed by atoms with Crippen LogP contribution in [0.25, 0.3) is 11.3 Å². The number of hydrogen-bond acceptors (Lipinski definition) is 5. The van der Waals surface area contributed by atoms with Crippen LogP contribution in [0.4, 0.5) is 10.3 Å². The van der Waals surface area contributed by atoms with Gasteiger partial charge in [-0.05, 0) is 36.6 Å². The minimum Gasteiger partial charge on any atom is -0.347 e. The quantitative estimate of drug-likeness (QED) is 0.720. The Morgan fingerprint density at radius 3 is 2.83 bits per heavy atom. The Morgan fingerprint density at radius 2 is 2.07 bits per heavy atom. The zero-order valence-electron chi connectivity index (χ0n) is 16.5. The van der Waals surface area contributed by atoms with E-state index in [9.17, 15) is 9.18 Å². The summed E-state index contributed by atoms with van der Waals surface area (Å²) in [6, 6.07) is 7.84. The lowest BCUT2D eigenvalue weighted by Crippen LogP contribution is -2.32. The molecule has 0 spiro atoms. The first-order valence-electron chi connectivity index (χ1n) is 9.61. The third kappa shape index (κ3) is 3.96. The summed E-state index contributed by atoms with van der Waals surface area (Å²) in [5.41, 5.74) is 3.34. The number of anilines is 1. The number of carbonyl (C=O) groups excluding carboxylic acids is 1. The number of benzene rings is 1. The molecule has 1 N–H and O–H groups in total. The number of aromatic nitrogens is 4. The van der Waals surface area contributed by atoms with Crippen molar-refractivity contribution in [3.8, 4) is 11.3 Å². The number of aromatic amines is 1. The fraction of sp³-hybridized carbons (Fsp3) is 0.333. The van der Waals surface area contributed by atoms with E-state index in [4.69, 9.17) is 0 Å². The van der Waals surface area contributed by atoms with Crippen molar-refractivity contribution < 1.29 is 9.18 Å². The molecule has 1 fully saturated rings. The minimum atomic E-state index is -0.302. The third-order valence-corrected chi connectivity index (χ3v) is 5.16. The Labute approximate surface area is 168 Å². The number of carbonyl (C=O) groups is 1. The Morgan fingerprint density at radius 1 is 1.28 bits per heavy atom. The van der Waals surface area contributed by atoms with Crippen LogP contribution >= 0.6 is 0 Å². The van der Waals surface area contributed by atoms with E-state index in [0.29, 0.717) is 12.5 Å². The number of halogens is 1. The van der Waals surface area contributed by atoms with Crippen LogP contribution in [-0.2, 0) is 11.2 Å². The molecule has 150 valence electrons. The first-order chi connectivity index (χ1) is 14.0. The van der Waals surface area contributed by atoms with E-state index in [1.807, 2.05) is 30.0 Å². The van der Waals surface area contributed by atoms with E-state index < -0.39 is 0 Å². The Kier molecular flexibility index (Phi) is 5.24. The second-order valence-corrected chi connectivity index (χ2v) is 7.38. The van der Waals surface area contributed by atoms with Gasteiger partial charge in [0, 0.05) is 32.4 Å². The number of likely N-dealkylation sites (tertiary alicyclic amines) is 1. The van der Waals surface area contributed by atoms with Crippen LogP contribution in [0.2, 0.25) is 0 Å². The highest BCUT2D eigenvalue weighted by atomic mass is 19.1. The zero-order valence-corrected chi connectivity index (χ0v) is 16.5. The van der Waals surface area contributed by atoms with E-state index in [1.165, 1.54) is 12.1 Å². The summed E-state index contributed by atoms with van der Waals surface area (Å²) >= 11 is 0. The lowest BCUT2D eigenvalue weighted by molar-refractivity contribution is -0.131. The van der Waals surface area contributed by atoms with Gasteiger partial charge in [-0.15, -0.1) is 0 Å². The van der Waals surface area contributed by atoms with Crippen molar-refractivity contribution in [2.75, 3.05) is 25.5 Å². The number of rotatable bonds is 5. The van der Waals surface area contributed by atoms with Gasteiger partial charge in [-0.2, -0.15) is 5.10 Å². The van der Waals surface area contributed by atoms with Gasteiger partial charge < -0.3 is 9.80 Å². The molecule has 1 atom stereocenters. The van der Waals surface area contributed by atoms with Gasteiger partial charge in [0.15, 0.2) is 0 Å². The number of hydrogen-bond donors (Lipinski definition) is 1. The molecule has 29 heavy (non-hydrogen) atoms. The maximum absolute atomic E-state index is 13.1. The summed E-state index contributed by atoms with van der Waals surface area (Å²) in [4.78, 5) is 25.6. The molecule has 8 heteroatoms. The standard InChI is InChI=1S/C21H23FN6O/c1-27(2)21-23-10-9-17(25-21)16-13-24-26-20(16)18-4-3-11-28(18)19(29)12-14-5-7-15(22)8-6-14/h5-10,13,18H,3-4,11-12H2,1-2H3,(H,24,26). The summed E-state index contributed by atoms with van der Waals surface area (Å²) in [6.07, 6.45) is 5.50. The van der Waals surface area contributed by atoms with Crippen LogP contribution in [0.15, 0.2) is 42.7 Å². The summed E-state index contributed by atoms with van der Waals surface area (Å²) < 4.78 is 13.1. The molecule has 7 nitrogen and oxygen atoms in total. The van der Waals surface area contributed by atoms with Crippen LogP contribution < -0.4 is 4.90 Å². The Balaban J connectivity index is 1.58. The smallest absolute Gasteiger partial charge is 0.227 e. The van der Waals surface area contributed by atoms with E-state index >= 15 is 0 Å². The Bertz CT molecular complexity index is 1000. The first-order valence-corrected chi connectivity index (χ1v) is 9.61. The second kappa shape index (κ2) is 7.98. The van der Waals surface area contributed by atoms with Crippen LogP contribution in [0.5, 0.6) is 0 Å². The van der Waals surface area contributed by atoms with E-state index in [0.717, 1.165) is 35.4 Å². The van der Waals surface area contributed by atoms with Crippen molar-refractivity contribution in [3.63, 3.8) is 0 Å². The van der Waals surface area contributed by atoms with Gasteiger partial charge >= 0.3 is 0 Å². The predicted octanol–water partition coefficient (Wildman–Crippen LogP) is 2.98. The zero-order chi connectivity index (χ0) is 20.4.